The van der Waals surface area contributed by atoms with Crippen LogP contribution in [0.25, 0.3) is 0 Å². The van der Waals surface area contributed by atoms with Crippen LogP contribution in [-0.2, 0) is 22.6 Å². The SMILES string of the molecule is Cc1nc(N)ccc1CNC(=O)[C@H](Cc1ccc(Cl)c(Cl)c1)NC(=O)[C@H](N)C1CCCCC1. The summed E-state index contributed by atoms with van der Waals surface area (Å²) < 4.78 is 0. The Morgan fingerprint density at radius 1 is 1.09 bits per heavy atom. The van der Waals surface area contributed by atoms with E-state index in [0.29, 0.717) is 15.9 Å². The van der Waals surface area contributed by atoms with Crippen LogP contribution in [0.5, 0.6) is 0 Å². The van der Waals surface area contributed by atoms with Gasteiger partial charge < -0.3 is 22.1 Å². The fourth-order valence-electron chi connectivity index (χ4n) is 4.19. The predicted octanol–water partition coefficient (Wildman–Crippen LogP) is 3.53. The van der Waals surface area contributed by atoms with Crippen molar-refractivity contribution >= 4 is 40.8 Å². The first-order chi connectivity index (χ1) is 15.7. The topological polar surface area (TPSA) is 123 Å². The molecule has 0 unspecified atom stereocenters. The Kier molecular flexibility index (Phi) is 8.95. The number of hydrogen-bond acceptors (Lipinski definition) is 5. The van der Waals surface area contributed by atoms with E-state index in [1.54, 1.807) is 24.3 Å². The van der Waals surface area contributed by atoms with Gasteiger partial charge in [0.05, 0.1) is 16.1 Å². The van der Waals surface area contributed by atoms with Crippen molar-refractivity contribution in [2.75, 3.05) is 5.73 Å². The smallest absolute Gasteiger partial charge is 0.243 e. The minimum absolute atomic E-state index is 0.135. The molecule has 1 saturated carbocycles. The number of aromatic nitrogens is 1. The van der Waals surface area contributed by atoms with Crippen LogP contribution in [0.1, 0.15) is 48.9 Å². The van der Waals surface area contributed by atoms with Gasteiger partial charge in [-0.3, -0.25) is 9.59 Å². The van der Waals surface area contributed by atoms with E-state index in [-0.39, 0.29) is 30.7 Å². The second-order valence-corrected chi connectivity index (χ2v) is 9.45. The van der Waals surface area contributed by atoms with Gasteiger partial charge in [-0.25, -0.2) is 4.98 Å². The Balaban J connectivity index is 1.72. The highest BCUT2D eigenvalue weighted by Gasteiger charge is 2.29. The molecule has 2 atom stereocenters. The van der Waals surface area contributed by atoms with Crippen molar-refractivity contribution in [3.63, 3.8) is 0 Å². The number of halogens is 2. The standard InChI is InChI=1S/C24H31Cl2N5O2/c1-14-17(8-10-21(27)30-14)13-29-23(32)20(12-15-7-9-18(25)19(26)11-15)31-24(33)22(28)16-5-3-2-4-6-16/h7-11,16,20,22H,2-6,12-13,28H2,1H3,(H2,27,30)(H,29,32)(H,31,33)/t20-,22+/m0/s1. The number of nitrogen functional groups attached to an aromatic ring is 1. The Bertz CT molecular complexity index is 995. The summed E-state index contributed by atoms with van der Waals surface area (Å²) in [5.74, 6) is -0.0751. The summed E-state index contributed by atoms with van der Waals surface area (Å²) in [6.07, 6.45) is 5.45. The number of carbonyl (C=O) groups is 2. The van der Waals surface area contributed by atoms with E-state index in [1.165, 1.54) is 6.42 Å². The van der Waals surface area contributed by atoms with Crippen molar-refractivity contribution in [1.29, 1.82) is 0 Å². The quantitative estimate of drug-likeness (QED) is 0.449. The number of benzene rings is 1. The Hall–Kier alpha value is -2.35. The van der Waals surface area contributed by atoms with Crippen LogP contribution in [0.3, 0.4) is 0 Å². The summed E-state index contributed by atoms with van der Waals surface area (Å²) >= 11 is 12.2. The van der Waals surface area contributed by atoms with Crippen LogP contribution in [0.2, 0.25) is 10.0 Å². The molecule has 0 bridgehead atoms. The first-order valence-electron chi connectivity index (χ1n) is 11.2. The van der Waals surface area contributed by atoms with Gasteiger partial charge in [-0.2, -0.15) is 0 Å². The number of nitrogens with two attached hydrogens (primary N) is 2. The molecule has 178 valence electrons. The molecule has 1 heterocycles. The third-order valence-electron chi connectivity index (χ3n) is 6.19. The molecule has 1 aromatic heterocycles. The molecule has 2 aromatic rings. The zero-order valence-corrected chi connectivity index (χ0v) is 20.3. The van der Waals surface area contributed by atoms with Crippen molar-refractivity contribution in [2.24, 2.45) is 11.7 Å². The maximum absolute atomic E-state index is 13.1. The number of amides is 2. The van der Waals surface area contributed by atoms with Crippen molar-refractivity contribution in [3.05, 3.63) is 57.2 Å². The van der Waals surface area contributed by atoms with E-state index >= 15 is 0 Å². The normalized spacial score (nSPS) is 16.1. The summed E-state index contributed by atoms with van der Waals surface area (Å²) in [4.78, 5) is 30.3. The van der Waals surface area contributed by atoms with E-state index in [0.717, 1.165) is 42.5 Å². The number of anilines is 1. The lowest BCUT2D eigenvalue weighted by atomic mass is 9.84. The summed E-state index contributed by atoms with van der Waals surface area (Å²) in [7, 11) is 0. The highest BCUT2D eigenvalue weighted by atomic mass is 35.5. The van der Waals surface area contributed by atoms with Gasteiger partial charge in [-0.05, 0) is 55.0 Å². The molecule has 0 spiro atoms. The van der Waals surface area contributed by atoms with Gasteiger partial charge in [-0.1, -0.05) is 54.6 Å². The number of hydrogen-bond donors (Lipinski definition) is 4. The lowest BCUT2D eigenvalue weighted by molar-refractivity contribution is -0.130. The Morgan fingerprint density at radius 3 is 2.48 bits per heavy atom. The zero-order valence-electron chi connectivity index (χ0n) is 18.7. The van der Waals surface area contributed by atoms with Gasteiger partial charge in [0.2, 0.25) is 11.8 Å². The molecule has 7 nitrogen and oxygen atoms in total. The van der Waals surface area contributed by atoms with Crippen LogP contribution < -0.4 is 22.1 Å². The predicted molar refractivity (Wildman–Crippen MR) is 132 cm³/mol. The highest BCUT2D eigenvalue weighted by molar-refractivity contribution is 6.42. The fourth-order valence-corrected chi connectivity index (χ4v) is 4.51. The second kappa shape index (κ2) is 11.7. The summed E-state index contributed by atoms with van der Waals surface area (Å²) in [6, 6.07) is 7.22. The molecule has 6 N–H and O–H groups in total. The van der Waals surface area contributed by atoms with Crippen LogP contribution in [0.15, 0.2) is 30.3 Å². The molecule has 1 aliphatic rings. The lowest BCUT2D eigenvalue weighted by Gasteiger charge is -2.28. The fraction of sp³-hybridized carbons (Fsp3) is 0.458. The maximum atomic E-state index is 13.1. The molecule has 0 saturated heterocycles. The van der Waals surface area contributed by atoms with E-state index < -0.39 is 12.1 Å². The molecule has 2 amide bonds. The van der Waals surface area contributed by atoms with Gasteiger partial charge in [-0.15, -0.1) is 0 Å². The van der Waals surface area contributed by atoms with E-state index in [9.17, 15) is 9.59 Å². The molecule has 9 heteroatoms. The summed E-state index contributed by atoms with van der Waals surface area (Å²) in [5.41, 5.74) is 14.3. The molecule has 1 aromatic carbocycles. The van der Waals surface area contributed by atoms with Crippen LogP contribution in [0, 0.1) is 12.8 Å². The largest absolute Gasteiger partial charge is 0.384 e. The Labute approximate surface area is 204 Å². The molecule has 1 aliphatic carbocycles. The average molecular weight is 492 g/mol. The van der Waals surface area contributed by atoms with Crippen molar-refractivity contribution in [1.82, 2.24) is 15.6 Å². The van der Waals surface area contributed by atoms with Crippen molar-refractivity contribution in [3.8, 4) is 0 Å². The number of aryl methyl sites for hydroxylation is 1. The summed E-state index contributed by atoms with van der Waals surface area (Å²) in [5, 5.41) is 6.58. The monoisotopic (exact) mass is 491 g/mol. The van der Waals surface area contributed by atoms with Crippen LogP contribution >= 0.6 is 23.2 Å². The Morgan fingerprint density at radius 2 is 1.82 bits per heavy atom. The van der Waals surface area contributed by atoms with Crippen LogP contribution in [0.4, 0.5) is 5.82 Å². The molecule has 1 fully saturated rings. The minimum Gasteiger partial charge on any atom is -0.384 e. The van der Waals surface area contributed by atoms with Crippen molar-refractivity contribution < 1.29 is 9.59 Å². The molecule has 0 radical (unpaired) electrons. The number of carbonyl (C=O) groups excluding carboxylic acids is 2. The summed E-state index contributed by atoms with van der Waals surface area (Å²) in [6.45, 7) is 2.09. The number of rotatable bonds is 8. The zero-order chi connectivity index (χ0) is 24.0. The third kappa shape index (κ3) is 7.06. The molecule has 3 rings (SSSR count). The minimum atomic E-state index is -0.813. The van der Waals surface area contributed by atoms with Crippen molar-refractivity contribution in [2.45, 2.75) is 64.1 Å². The molecular weight excluding hydrogens is 461 g/mol. The second-order valence-electron chi connectivity index (χ2n) is 8.64. The lowest BCUT2D eigenvalue weighted by Crippen LogP contribution is -2.54. The van der Waals surface area contributed by atoms with Gasteiger partial charge in [0, 0.05) is 18.7 Å². The number of nitrogens with one attached hydrogen (secondary N) is 2. The molecule has 0 aliphatic heterocycles. The first-order valence-corrected chi connectivity index (χ1v) is 12.0. The van der Waals surface area contributed by atoms with E-state index in [2.05, 4.69) is 15.6 Å². The number of nitrogens with zero attached hydrogens (tertiary/aromatic N) is 1. The third-order valence-corrected chi connectivity index (χ3v) is 6.93. The van der Waals surface area contributed by atoms with E-state index in [4.69, 9.17) is 34.7 Å². The van der Waals surface area contributed by atoms with E-state index in [1.807, 2.05) is 13.0 Å². The maximum Gasteiger partial charge on any atom is 0.243 e. The van der Waals surface area contributed by atoms with Crippen LogP contribution in [-0.4, -0.2) is 28.9 Å². The van der Waals surface area contributed by atoms with Gasteiger partial charge in [0.15, 0.2) is 0 Å². The van der Waals surface area contributed by atoms with Gasteiger partial charge in [0.25, 0.3) is 0 Å². The first kappa shape index (κ1) is 25.3. The number of pyridine rings is 1. The molecule has 33 heavy (non-hydrogen) atoms. The van der Waals surface area contributed by atoms with Gasteiger partial charge >= 0.3 is 0 Å². The molecular formula is C24H31Cl2N5O2. The highest BCUT2D eigenvalue weighted by Crippen LogP contribution is 2.26. The van der Waals surface area contributed by atoms with Gasteiger partial charge in [0.1, 0.15) is 11.9 Å². The average Bonchev–Trinajstić information content (AvgIpc) is 2.80.